The minimum atomic E-state index is -0.650. The van der Waals surface area contributed by atoms with E-state index in [1.807, 2.05) is 6.92 Å². The molecule has 1 aliphatic heterocycles. The van der Waals surface area contributed by atoms with Crippen LogP contribution in [0.4, 0.5) is 4.79 Å². The zero-order valence-electron chi connectivity index (χ0n) is 11.3. The summed E-state index contributed by atoms with van der Waals surface area (Å²) in [6.07, 6.45) is 0.219. The Kier molecular flexibility index (Phi) is 7.75. The predicted molar refractivity (Wildman–Crippen MR) is 72.1 cm³/mol. The molecule has 2 amide bonds. The minimum Gasteiger partial charge on any atom is -0.394 e. The number of nitrogens with zero attached hydrogens (tertiary/aromatic N) is 2. The highest BCUT2D eigenvalue weighted by Gasteiger charge is 2.33. The fourth-order valence-electron chi connectivity index (χ4n) is 2.00. The maximum Gasteiger partial charge on any atom is 0.340 e. The highest BCUT2D eigenvalue weighted by Crippen LogP contribution is 2.20. The molecule has 0 aromatic carbocycles. The van der Waals surface area contributed by atoms with Gasteiger partial charge >= 0.3 is 6.03 Å². The Hall–Kier alpha value is -0.960. The summed E-state index contributed by atoms with van der Waals surface area (Å²) in [5.74, 6) is 0.107. The number of nitrogens with one attached hydrogen (secondary N) is 1. The number of alkyl halides is 1. The molecule has 116 valence electrons. The first kappa shape index (κ1) is 17.1. The van der Waals surface area contributed by atoms with Crippen LogP contribution in [0.1, 0.15) is 19.8 Å². The number of ether oxygens (including phenoxy) is 2. The van der Waals surface area contributed by atoms with Gasteiger partial charge in [0.1, 0.15) is 6.10 Å². The molecule has 0 bridgehead atoms. The Balaban J connectivity index is 2.53. The SMILES string of the molecule is CCO[C@@H]1CC[C@@H](NC(=O)N(CCCl)N=O)[C@@H](CO)O1. The zero-order chi connectivity index (χ0) is 15.0. The van der Waals surface area contributed by atoms with Crippen molar-refractivity contribution in [2.75, 3.05) is 25.6 Å². The van der Waals surface area contributed by atoms with E-state index >= 15 is 0 Å². The smallest absolute Gasteiger partial charge is 0.340 e. The van der Waals surface area contributed by atoms with Gasteiger partial charge in [0, 0.05) is 18.9 Å². The largest absolute Gasteiger partial charge is 0.394 e. The summed E-state index contributed by atoms with van der Waals surface area (Å²) in [6.45, 7) is 2.14. The van der Waals surface area contributed by atoms with Gasteiger partial charge in [0.15, 0.2) is 6.29 Å². The van der Waals surface area contributed by atoms with Crippen molar-refractivity contribution >= 4 is 17.6 Å². The lowest BCUT2D eigenvalue weighted by Gasteiger charge is -2.36. The molecule has 2 N–H and O–H groups in total. The van der Waals surface area contributed by atoms with E-state index in [0.29, 0.717) is 24.5 Å². The fraction of sp³-hybridized carbons (Fsp3) is 0.909. The predicted octanol–water partition coefficient (Wildman–Crippen LogP) is 0.821. The van der Waals surface area contributed by atoms with E-state index < -0.39 is 18.2 Å². The molecule has 3 atom stereocenters. The van der Waals surface area contributed by atoms with Crippen LogP contribution < -0.4 is 5.32 Å². The third-order valence-corrected chi connectivity index (χ3v) is 3.13. The number of halogens is 1. The lowest BCUT2D eigenvalue weighted by atomic mass is 10.0. The summed E-state index contributed by atoms with van der Waals surface area (Å²) >= 11 is 5.47. The van der Waals surface area contributed by atoms with E-state index in [-0.39, 0.29) is 25.3 Å². The summed E-state index contributed by atoms with van der Waals surface area (Å²) in [7, 11) is 0. The van der Waals surface area contributed by atoms with E-state index in [9.17, 15) is 14.8 Å². The molecule has 20 heavy (non-hydrogen) atoms. The van der Waals surface area contributed by atoms with Crippen molar-refractivity contribution in [3.8, 4) is 0 Å². The molecule has 1 fully saturated rings. The third-order valence-electron chi connectivity index (χ3n) is 2.96. The van der Waals surface area contributed by atoms with Crippen LogP contribution in [-0.4, -0.2) is 60.2 Å². The van der Waals surface area contributed by atoms with Gasteiger partial charge in [0.2, 0.25) is 0 Å². The highest BCUT2D eigenvalue weighted by atomic mass is 35.5. The standard InChI is InChI=1S/C11H20ClN3O5/c1-2-19-10-4-3-8(9(7-16)20-10)13-11(17)15(14-18)6-5-12/h8-10,16H,2-7H2,1H3,(H,13,17)/t8-,9-,10+/m1/s1. The minimum absolute atomic E-state index is 0.0236. The van der Waals surface area contributed by atoms with E-state index in [4.69, 9.17) is 21.1 Å². The van der Waals surface area contributed by atoms with Gasteiger partial charge in [-0.1, -0.05) is 0 Å². The van der Waals surface area contributed by atoms with Gasteiger partial charge in [-0.2, -0.15) is 5.01 Å². The average Bonchev–Trinajstić information content (AvgIpc) is 2.46. The molecule has 1 saturated heterocycles. The third kappa shape index (κ3) is 4.86. The molecule has 0 aromatic rings. The average molecular weight is 310 g/mol. The fourth-order valence-corrected chi connectivity index (χ4v) is 2.16. The Morgan fingerprint density at radius 3 is 2.90 bits per heavy atom. The van der Waals surface area contributed by atoms with E-state index in [2.05, 4.69) is 10.6 Å². The lowest BCUT2D eigenvalue weighted by molar-refractivity contribution is -0.206. The Bertz CT molecular complexity index is 320. The van der Waals surface area contributed by atoms with Crippen LogP contribution >= 0.6 is 11.6 Å². The second kappa shape index (κ2) is 9.06. The van der Waals surface area contributed by atoms with Crippen LogP contribution in [0.25, 0.3) is 0 Å². The van der Waals surface area contributed by atoms with E-state index in [1.165, 1.54) is 0 Å². The zero-order valence-corrected chi connectivity index (χ0v) is 12.1. The number of rotatable bonds is 7. The maximum absolute atomic E-state index is 11.8. The highest BCUT2D eigenvalue weighted by molar-refractivity contribution is 6.18. The first-order chi connectivity index (χ1) is 9.65. The van der Waals surface area contributed by atoms with Gasteiger partial charge in [-0.05, 0) is 13.3 Å². The summed E-state index contributed by atoms with van der Waals surface area (Å²) in [6, 6.07) is -1.05. The molecule has 1 aliphatic rings. The van der Waals surface area contributed by atoms with E-state index in [0.717, 1.165) is 0 Å². The number of hydrogen-bond acceptors (Lipinski definition) is 6. The first-order valence-corrected chi connectivity index (χ1v) is 7.04. The van der Waals surface area contributed by atoms with Gasteiger partial charge in [0.05, 0.1) is 24.5 Å². The van der Waals surface area contributed by atoms with Crippen molar-refractivity contribution < 1.29 is 19.4 Å². The number of carbonyl (C=O) groups is 1. The molecule has 1 heterocycles. The second-order valence-corrected chi connectivity index (χ2v) is 4.65. The molecule has 9 heteroatoms. The number of amides is 2. The molecule has 0 unspecified atom stereocenters. The van der Waals surface area contributed by atoms with Crippen LogP contribution in [-0.2, 0) is 9.47 Å². The quantitative estimate of drug-likeness (QED) is 0.412. The Morgan fingerprint density at radius 1 is 1.60 bits per heavy atom. The molecule has 0 aliphatic carbocycles. The van der Waals surface area contributed by atoms with Gasteiger partial charge in [0.25, 0.3) is 0 Å². The molecule has 1 rings (SSSR count). The number of aliphatic hydroxyl groups is 1. The van der Waals surface area contributed by atoms with Crippen molar-refractivity contribution in [3.05, 3.63) is 4.91 Å². The first-order valence-electron chi connectivity index (χ1n) is 6.51. The molecular weight excluding hydrogens is 290 g/mol. The van der Waals surface area contributed by atoms with Gasteiger partial charge in [-0.15, -0.1) is 16.5 Å². The summed E-state index contributed by atoms with van der Waals surface area (Å²) in [4.78, 5) is 22.3. The Morgan fingerprint density at radius 2 is 2.35 bits per heavy atom. The maximum atomic E-state index is 11.8. The number of urea groups is 1. The van der Waals surface area contributed by atoms with Crippen LogP contribution in [0.2, 0.25) is 0 Å². The number of aliphatic hydroxyl groups excluding tert-OH is 1. The summed E-state index contributed by atoms with van der Waals surface area (Å²) < 4.78 is 10.9. The summed E-state index contributed by atoms with van der Waals surface area (Å²) in [5.41, 5.74) is 0. The normalized spacial score (nSPS) is 26.1. The number of nitroso groups, excluding NO2 is 1. The van der Waals surface area contributed by atoms with Crippen LogP contribution in [0.15, 0.2) is 5.29 Å². The van der Waals surface area contributed by atoms with Crippen molar-refractivity contribution in [1.29, 1.82) is 0 Å². The number of carbonyl (C=O) groups excluding carboxylic acids is 1. The molecule has 0 radical (unpaired) electrons. The monoisotopic (exact) mass is 309 g/mol. The molecular formula is C11H20ClN3O5. The molecule has 0 spiro atoms. The topological polar surface area (TPSA) is 100 Å². The van der Waals surface area contributed by atoms with Crippen molar-refractivity contribution in [2.45, 2.75) is 38.2 Å². The van der Waals surface area contributed by atoms with Crippen LogP contribution in [0.3, 0.4) is 0 Å². The lowest BCUT2D eigenvalue weighted by Crippen LogP contribution is -2.53. The van der Waals surface area contributed by atoms with E-state index in [1.54, 1.807) is 0 Å². The van der Waals surface area contributed by atoms with Crippen molar-refractivity contribution in [3.63, 3.8) is 0 Å². The van der Waals surface area contributed by atoms with Crippen molar-refractivity contribution in [1.82, 2.24) is 10.3 Å². The molecule has 8 nitrogen and oxygen atoms in total. The second-order valence-electron chi connectivity index (χ2n) is 4.27. The van der Waals surface area contributed by atoms with Crippen LogP contribution in [0.5, 0.6) is 0 Å². The Labute approximate surface area is 122 Å². The van der Waals surface area contributed by atoms with Crippen molar-refractivity contribution in [2.24, 2.45) is 5.29 Å². The van der Waals surface area contributed by atoms with Gasteiger partial charge in [-0.3, -0.25) is 0 Å². The number of hydrogen-bond donors (Lipinski definition) is 2. The molecule has 0 aromatic heterocycles. The summed E-state index contributed by atoms with van der Waals surface area (Å²) in [5, 5.41) is 15.2. The molecule has 0 saturated carbocycles. The van der Waals surface area contributed by atoms with Crippen LogP contribution in [0, 0.1) is 4.91 Å². The van der Waals surface area contributed by atoms with Gasteiger partial charge in [-0.25, -0.2) is 4.79 Å². The van der Waals surface area contributed by atoms with Gasteiger partial charge < -0.3 is 19.9 Å².